The van der Waals surface area contributed by atoms with Gasteiger partial charge >= 0.3 is 0 Å². The Morgan fingerprint density at radius 1 is 1.22 bits per heavy atom. The number of benzene rings is 2. The predicted octanol–water partition coefficient (Wildman–Crippen LogP) is 4.52. The van der Waals surface area contributed by atoms with Crippen LogP contribution in [-0.4, -0.2) is 41.2 Å². The van der Waals surface area contributed by atoms with Crippen LogP contribution in [0.4, 0.5) is 10.1 Å². The van der Waals surface area contributed by atoms with Crippen LogP contribution in [0.15, 0.2) is 36.4 Å². The fraction of sp³-hybridized carbons (Fsp3) is 0.481. The van der Waals surface area contributed by atoms with Crippen molar-refractivity contribution in [1.82, 2.24) is 10.6 Å². The van der Waals surface area contributed by atoms with Crippen molar-refractivity contribution in [3.05, 3.63) is 63.4 Å². The maximum atomic E-state index is 15.7. The molecular formula is C27H30Cl2FN3O3. The van der Waals surface area contributed by atoms with E-state index in [0.717, 1.165) is 0 Å². The Morgan fingerprint density at radius 3 is 2.61 bits per heavy atom. The van der Waals surface area contributed by atoms with Gasteiger partial charge in [0.25, 0.3) is 0 Å². The number of rotatable bonds is 4. The molecule has 0 radical (unpaired) electrons. The molecular weight excluding hydrogens is 504 g/mol. The summed E-state index contributed by atoms with van der Waals surface area (Å²) in [6.07, 6.45) is 1.04. The van der Waals surface area contributed by atoms with Crippen LogP contribution in [0.3, 0.4) is 0 Å². The van der Waals surface area contributed by atoms with Gasteiger partial charge in [0, 0.05) is 28.7 Å². The minimum Gasteiger partial charge on any atom is -0.393 e. The molecule has 1 spiro atoms. The lowest BCUT2D eigenvalue weighted by Gasteiger charge is -2.38. The lowest BCUT2D eigenvalue weighted by molar-refractivity contribution is -0.125. The molecule has 2 amide bonds. The highest BCUT2D eigenvalue weighted by atomic mass is 35.5. The van der Waals surface area contributed by atoms with Gasteiger partial charge in [-0.05, 0) is 54.0 Å². The number of aliphatic hydroxyl groups is 1. The van der Waals surface area contributed by atoms with E-state index in [4.69, 9.17) is 23.2 Å². The summed E-state index contributed by atoms with van der Waals surface area (Å²) in [6, 6.07) is 8.33. The summed E-state index contributed by atoms with van der Waals surface area (Å²) in [4.78, 5) is 27.7. The smallest absolute Gasteiger partial charge is 0.238 e. The molecule has 3 aliphatic rings. The number of carbonyl (C=O) groups is 2. The number of amides is 2. The summed E-state index contributed by atoms with van der Waals surface area (Å²) in [5.41, 5.74) is -0.0414. The van der Waals surface area contributed by atoms with Crippen LogP contribution < -0.4 is 16.0 Å². The number of nitrogens with one attached hydrogen (secondary N) is 3. The molecule has 0 bridgehead atoms. The zero-order valence-corrected chi connectivity index (χ0v) is 21.9. The fourth-order valence-electron chi connectivity index (χ4n) is 6.15. The molecule has 36 heavy (non-hydrogen) atoms. The van der Waals surface area contributed by atoms with Crippen molar-refractivity contribution in [1.29, 1.82) is 0 Å². The number of halogens is 3. The minimum atomic E-state index is -1.28. The second kappa shape index (κ2) is 8.98. The van der Waals surface area contributed by atoms with Crippen LogP contribution >= 0.6 is 23.2 Å². The third-order valence-electron chi connectivity index (χ3n) is 7.68. The average molecular weight is 534 g/mol. The normalized spacial score (nSPS) is 31.2. The van der Waals surface area contributed by atoms with Gasteiger partial charge in [-0.1, -0.05) is 62.2 Å². The topological polar surface area (TPSA) is 90.5 Å². The van der Waals surface area contributed by atoms with Gasteiger partial charge in [-0.15, -0.1) is 0 Å². The van der Waals surface area contributed by atoms with Gasteiger partial charge in [0.05, 0.1) is 17.2 Å². The Hall–Kier alpha value is -2.19. The second-order valence-corrected chi connectivity index (χ2v) is 12.3. The summed E-state index contributed by atoms with van der Waals surface area (Å²) >= 11 is 12.5. The molecule has 2 heterocycles. The lowest BCUT2D eigenvalue weighted by Crippen LogP contribution is -2.53. The highest BCUT2D eigenvalue weighted by molar-refractivity contribution is 6.31. The van der Waals surface area contributed by atoms with Gasteiger partial charge in [-0.25, -0.2) is 4.39 Å². The Balaban J connectivity index is 1.71. The van der Waals surface area contributed by atoms with E-state index in [9.17, 15) is 14.7 Å². The molecule has 5 rings (SSSR count). The molecule has 192 valence electrons. The summed E-state index contributed by atoms with van der Waals surface area (Å²) < 4.78 is 15.7. The molecule has 0 unspecified atom stereocenters. The molecule has 1 saturated heterocycles. The number of aliphatic hydroxyl groups excluding tert-OH is 1. The van der Waals surface area contributed by atoms with E-state index in [1.807, 2.05) is 0 Å². The van der Waals surface area contributed by atoms with Crippen molar-refractivity contribution in [2.45, 2.75) is 75.6 Å². The van der Waals surface area contributed by atoms with E-state index in [2.05, 4.69) is 36.7 Å². The minimum absolute atomic E-state index is 0.0714. The first-order valence-electron chi connectivity index (χ1n) is 12.2. The number of hydrogen-bond acceptors (Lipinski definition) is 4. The van der Waals surface area contributed by atoms with Crippen LogP contribution in [0.2, 0.25) is 10.0 Å². The maximum absolute atomic E-state index is 15.7. The highest BCUT2D eigenvalue weighted by Crippen LogP contribution is 2.57. The van der Waals surface area contributed by atoms with E-state index in [1.54, 1.807) is 30.3 Å². The fourth-order valence-corrected chi connectivity index (χ4v) is 6.50. The van der Waals surface area contributed by atoms with Crippen molar-refractivity contribution < 1.29 is 19.1 Å². The van der Waals surface area contributed by atoms with E-state index in [-0.39, 0.29) is 33.9 Å². The summed E-state index contributed by atoms with van der Waals surface area (Å²) in [5.74, 6) is -2.16. The van der Waals surface area contributed by atoms with Crippen LogP contribution in [0.25, 0.3) is 0 Å². The number of carbonyl (C=O) groups excluding carboxylic acids is 2. The SMILES string of the molecule is CC(C)(C)C[C@@H]1N[C@@H](C(=O)NC2CC(O)C2)[C@H](c2cccc(Cl)c2F)[C@]12C(=O)Nc1cc(Cl)ccc12. The zero-order chi connectivity index (χ0) is 26.0. The summed E-state index contributed by atoms with van der Waals surface area (Å²) in [5, 5.41) is 19.5. The second-order valence-electron chi connectivity index (χ2n) is 11.4. The van der Waals surface area contributed by atoms with Crippen molar-refractivity contribution in [2.24, 2.45) is 5.41 Å². The van der Waals surface area contributed by atoms with Gasteiger partial charge in [0.1, 0.15) is 11.2 Å². The summed E-state index contributed by atoms with van der Waals surface area (Å²) in [6.45, 7) is 6.20. The Bertz CT molecular complexity index is 1230. The zero-order valence-electron chi connectivity index (χ0n) is 20.4. The highest BCUT2D eigenvalue weighted by Gasteiger charge is 2.66. The molecule has 2 aromatic carbocycles. The molecule has 9 heteroatoms. The first-order chi connectivity index (χ1) is 16.9. The molecule has 2 aromatic rings. The predicted molar refractivity (Wildman–Crippen MR) is 138 cm³/mol. The van der Waals surface area contributed by atoms with E-state index in [1.165, 1.54) is 6.07 Å². The Morgan fingerprint density at radius 2 is 1.94 bits per heavy atom. The van der Waals surface area contributed by atoms with Gasteiger partial charge < -0.3 is 21.1 Å². The largest absolute Gasteiger partial charge is 0.393 e. The van der Waals surface area contributed by atoms with Crippen LogP contribution in [0.1, 0.15) is 57.1 Å². The van der Waals surface area contributed by atoms with Crippen molar-refractivity contribution in [3.63, 3.8) is 0 Å². The van der Waals surface area contributed by atoms with Crippen LogP contribution in [-0.2, 0) is 15.0 Å². The van der Waals surface area contributed by atoms with Gasteiger partial charge in [-0.3, -0.25) is 9.59 Å². The van der Waals surface area contributed by atoms with Gasteiger partial charge in [-0.2, -0.15) is 0 Å². The standard InChI is InChI=1S/C27H30Cl2FN3O3/c1-26(2,3)12-20-27(17-8-7-13(28)9-19(17)32-25(27)36)21(16-5-4-6-18(29)22(16)30)23(33-20)24(35)31-14-10-15(34)11-14/h4-9,14-15,20-21,23,33-34H,10-12H2,1-3H3,(H,31,35)(H,32,36)/t14?,15?,20-,21-,23+,27+/m0/s1. The third kappa shape index (κ3) is 4.10. The number of hydrogen-bond donors (Lipinski definition) is 4. The Kier molecular flexibility index (Phi) is 6.35. The first-order valence-corrected chi connectivity index (χ1v) is 13.0. The van der Waals surface area contributed by atoms with E-state index in [0.29, 0.717) is 35.5 Å². The molecule has 2 aliphatic heterocycles. The summed E-state index contributed by atoms with van der Waals surface area (Å²) in [7, 11) is 0. The Labute approximate surface area is 219 Å². The van der Waals surface area contributed by atoms with E-state index >= 15 is 4.39 Å². The van der Waals surface area contributed by atoms with Crippen molar-refractivity contribution in [3.8, 4) is 0 Å². The average Bonchev–Trinajstić information content (AvgIpc) is 3.23. The maximum Gasteiger partial charge on any atom is 0.238 e. The molecule has 4 atom stereocenters. The number of fused-ring (bicyclic) bond motifs is 2. The third-order valence-corrected chi connectivity index (χ3v) is 8.21. The molecule has 4 N–H and O–H groups in total. The van der Waals surface area contributed by atoms with Crippen LogP contribution in [0, 0.1) is 11.2 Å². The van der Waals surface area contributed by atoms with Gasteiger partial charge in [0.15, 0.2) is 0 Å². The lowest BCUT2D eigenvalue weighted by atomic mass is 9.62. The van der Waals surface area contributed by atoms with Crippen molar-refractivity contribution >= 4 is 40.7 Å². The molecule has 0 aromatic heterocycles. The molecule has 2 fully saturated rings. The monoisotopic (exact) mass is 533 g/mol. The van der Waals surface area contributed by atoms with E-state index < -0.39 is 35.3 Å². The molecule has 1 aliphatic carbocycles. The molecule has 6 nitrogen and oxygen atoms in total. The van der Waals surface area contributed by atoms with Crippen LogP contribution in [0.5, 0.6) is 0 Å². The molecule has 1 saturated carbocycles. The number of anilines is 1. The van der Waals surface area contributed by atoms with Crippen molar-refractivity contribution in [2.75, 3.05) is 5.32 Å². The van der Waals surface area contributed by atoms with Gasteiger partial charge in [0.2, 0.25) is 11.8 Å². The quantitative estimate of drug-likeness (QED) is 0.465. The first kappa shape index (κ1) is 25.5.